The van der Waals surface area contributed by atoms with Crippen molar-refractivity contribution in [3.63, 3.8) is 0 Å². The van der Waals surface area contributed by atoms with Gasteiger partial charge in [0.15, 0.2) is 0 Å². The maximum Gasteiger partial charge on any atom is 0.241 e. The molecule has 0 radical (unpaired) electrons. The van der Waals surface area contributed by atoms with E-state index in [4.69, 9.17) is 0 Å². The van der Waals surface area contributed by atoms with E-state index in [1.54, 1.807) is 13.2 Å². The summed E-state index contributed by atoms with van der Waals surface area (Å²) in [5.41, 5.74) is 4.02. The summed E-state index contributed by atoms with van der Waals surface area (Å²) in [6, 6.07) is 18.2. The number of anilines is 1. The molecule has 2 unspecified atom stereocenters. The molecule has 1 aliphatic rings. The van der Waals surface area contributed by atoms with Gasteiger partial charge in [-0.2, -0.15) is 0 Å². The Morgan fingerprint density at radius 2 is 1.91 bits per heavy atom. The van der Waals surface area contributed by atoms with E-state index < -0.39 is 0 Å². The highest BCUT2D eigenvalue weighted by atomic mass is 16.2. The van der Waals surface area contributed by atoms with Crippen LogP contribution < -0.4 is 16.0 Å². The fraction of sp³-hybridized carbons (Fsp3) is 0.320. The van der Waals surface area contributed by atoms with Crippen LogP contribution in [0.1, 0.15) is 17.5 Å². The van der Waals surface area contributed by atoms with Crippen LogP contribution in [-0.2, 0) is 16.0 Å². The van der Waals surface area contributed by atoms with E-state index in [1.807, 2.05) is 42.3 Å². The maximum absolute atomic E-state index is 12.9. The molecule has 2 amide bonds. The average Bonchev–Trinajstić information content (AvgIpc) is 3.14. The lowest BCUT2D eigenvalue weighted by molar-refractivity contribution is -0.121. The van der Waals surface area contributed by atoms with E-state index in [0.717, 1.165) is 17.3 Å². The summed E-state index contributed by atoms with van der Waals surface area (Å²) >= 11 is 0. The van der Waals surface area contributed by atoms with Gasteiger partial charge >= 0.3 is 0 Å². The molecule has 3 aromatic rings. The number of hydrogen-bond donors (Lipinski definition) is 3. The van der Waals surface area contributed by atoms with Gasteiger partial charge in [-0.1, -0.05) is 36.4 Å². The number of fused-ring (bicyclic) bond motifs is 1. The normalized spacial score (nSPS) is 18.6. The first kappa shape index (κ1) is 21.9. The Balaban J connectivity index is 1.43. The summed E-state index contributed by atoms with van der Waals surface area (Å²) in [5.74, 6) is -0.142. The maximum atomic E-state index is 12.9. The Morgan fingerprint density at radius 3 is 2.69 bits per heavy atom. The molecule has 166 valence electrons. The predicted molar refractivity (Wildman–Crippen MR) is 127 cm³/mol. The number of nitrogens with one attached hydrogen (secondary N) is 3. The van der Waals surface area contributed by atoms with Crippen molar-refractivity contribution >= 4 is 28.4 Å². The smallest absolute Gasteiger partial charge is 0.241 e. The van der Waals surface area contributed by atoms with E-state index in [-0.39, 0.29) is 30.4 Å². The standard InChI is InChI=1S/C25H29N5O2/c1-26-15-24(31)28-21-13-23(30(2)16-21)25(32)29-20-12-19-11-18(8-9-22(19)27-14-20)10-17-6-4-3-5-7-17/h3-9,11-12,14,21,23,26H,10,13,15-16H2,1-2H3,(H,28,31)(H,29,32). The molecule has 7 nitrogen and oxygen atoms in total. The summed E-state index contributed by atoms with van der Waals surface area (Å²) in [4.78, 5) is 31.2. The summed E-state index contributed by atoms with van der Waals surface area (Å²) < 4.78 is 0. The van der Waals surface area contributed by atoms with Crippen molar-refractivity contribution in [3.8, 4) is 0 Å². The monoisotopic (exact) mass is 431 g/mol. The average molecular weight is 432 g/mol. The molecule has 1 aromatic heterocycles. The van der Waals surface area contributed by atoms with Gasteiger partial charge in [-0.05, 0) is 56.3 Å². The van der Waals surface area contributed by atoms with E-state index in [2.05, 4.69) is 45.2 Å². The molecule has 3 N–H and O–H groups in total. The van der Waals surface area contributed by atoms with Gasteiger partial charge in [-0.15, -0.1) is 0 Å². The molecule has 4 rings (SSSR count). The summed E-state index contributed by atoms with van der Waals surface area (Å²) in [6.07, 6.45) is 3.12. The van der Waals surface area contributed by atoms with Crippen molar-refractivity contribution in [2.75, 3.05) is 32.5 Å². The summed E-state index contributed by atoms with van der Waals surface area (Å²) in [7, 11) is 3.64. The SMILES string of the molecule is CNCC(=O)NC1CC(C(=O)Nc2cnc3ccc(Cc4ccccc4)cc3c2)N(C)C1. The molecule has 2 aromatic carbocycles. The third-order valence-corrected chi connectivity index (χ3v) is 5.82. The fourth-order valence-electron chi connectivity index (χ4n) is 4.27. The number of carbonyl (C=O) groups excluding carboxylic acids is 2. The molecule has 1 saturated heterocycles. The van der Waals surface area contributed by atoms with E-state index >= 15 is 0 Å². The van der Waals surface area contributed by atoms with Crippen LogP contribution in [0.25, 0.3) is 10.9 Å². The Bertz CT molecular complexity index is 1100. The minimum Gasteiger partial charge on any atom is -0.351 e. The van der Waals surface area contributed by atoms with Crippen LogP contribution in [0.15, 0.2) is 60.8 Å². The number of aromatic nitrogens is 1. The van der Waals surface area contributed by atoms with Gasteiger partial charge in [0.25, 0.3) is 0 Å². The van der Waals surface area contributed by atoms with Gasteiger partial charge in [0.1, 0.15) is 0 Å². The van der Waals surface area contributed by atoms with Crippen molar-refractivity contribution in [2.45, 2.75) is 24.9 Å². The highest BCUT2D eigenvalue weighted by Gasteiger charge is 2.35. The minimum absolute atomic E-state index is 0.0353. The third-order valence-electron chi connectivity index (χ3n) is 5.82. The molecular formula is C25H29N5O2. The van der Waals surface area contributed by atoms with Crippen molar-refractivity contribution in [1.82, 2.24) is 20.5 Å². The van der Waals surface area contributed by atoms with E-state index in [1.165, 1.54) is 11.1 Å². The number of nitrogens with zero attached hydrogens (tertiary/aromatic N) is 2. The van der Waals surface area contributed by atoms with Gasteiger partial charge in [-0.25, -0.2) is 0 Å². The number of pyridine rings is 1. The molecule has 2 heterocycles. The number of hydrogen-bond acceptors (Lipinski definition) is 5. The summed E-state index contributed by atoms with van der Waals surface area (Å²) in [6.45, 7) is 0.915. The second kappa shape index (κ2) is 9.89. The molecule has 2 atom stereocenters. The molecule has 0 bridgehead atoms. The van der Waals surface area contributed by atoms with Gasteiger partial charge in [0, 0.05) is 18.0 Å². The Hall–Kier alpha value is -3.29. The number of amides is 2. The third kappa shape index (κ3) is 5.30. The number of benzene rings is 2. The van der Waals surface area contributed by atoms with Gasteiger partial charge < -0.3 is 16.0 Å². The van der Waals surface area contributed by atoms with Crippen molar-refractivity contribution in [3.05, 3.63) is 71.9 Å². The van der Waals surface area contributed by atoms with Crippen LogP contribution >= 0.6 is 0 Å². The van der Waals surface area contributed by atoms with E-state index in [0.29, 0.717) is 18.7 Å². The predicted octanol–water partition coefficient (Wildman–Crippen LogP) is 2.17. The lowest BCUT2D eigenvalue weighted by Gasteiger charge is -2.18. The highest BCUT2D eigenvalue weighted by molar-refractivity contribution is 5.96. The van der Waals surface area contributed by atoms with Crippen LogP contribution in [0.4, 0.5) is 5.69 Å². The first-order chi connectivity index (χ1) is 15.5. The van der Waals surface area contributed by atoms with Crippen LogP contribution in [0.2, 0.25) is 0 Å². The molecular weight excluding hydrogens is 402 g/mol. The molecule has 1 fully saturated rings. The van der Waals surface area contributed by atoms with Gasteiger partial charge in [-0.3, -0.25) is 19.5 Å². The fourth-order valence-corrected chi connectivity index (χ4v) is 4.27. The first-order valence-electron chi connectivity index (χ1n) is 10.9. The van der Waals surface area contributed by atoms with E-state index in [9.17, 15) is 9.59 Å². The summed E-state index contributed by atoms with van der Waals surface area (Å²) in [5, 5.41) is 9.81. The number of carbonyl (C=O) groups is 2. The molecule has 1 aliphatic heterocycles. The highest BCUT2D eigenvalue weighted by Crippen LogP contribution is 2.22. The first-order valence-corrected chi connectivity index (χ1v) is 10.9. The molecule has 0 aliphatic carbocycles. The lowest BCUT2D eigenvalue weighted by atomic mass is 10.0. The van der Waals surface area contributed by atoms with Crippen molar-refractivity contribution in [2.24, 2.45) is 0 Å². The largest absolute Gasteiger partial charge is 0.351 e. The zero-order valence-corrected chi connectivity index (χ0v) is 18.5. The Morgan fingerprint density at radius 1 is 1.09 bits per heavy atom. The Kier molecular flexibility index (Phi) is 6.78. The second-order valence-electron chi connectivity index (χ2n) is 8.39. The minimum atomic E-state index is -0.296. The number of rotatable bonds is 7. The zero-order chi connectivity index (χ0) is 22.5. The molecule has 32 heavy (non-hydrogen) atoms. The quantitative estimate of drug-likeness (QED) is 0.534. The van der Waals surface area contributed by atoms with Gasteiger partial charge in [0.05, 0.1) is 30.0 Å². The number of likely N-dealkylation sites (N-methyl/N-ethyl adjacent to an activating group) is 2. The molecule has 0 spiro atoms. The van der Waals surface area contributed by atoms with Crippen LogP contribution in [-0.4, -0.2) is 61.0 Å². The second-order valence-corrected chi connectivity index (χ2v) is 8.39. The topological polar surface area (TPSA) is 86.4 Å². The van der Waals surface area contributed by atoms with Crippen LogP contribution in [0, 0.1) is 0 Å². The van der Waals surface area contributed by atoms with Crippen LogP contribution in [0.5, 0.6) is 0 Å². The lowest BCUT2D eigenvalue weighted by Crippen LogP contribution is -2.40. The molecule has 7 heteroatoms. The van der Waals surface area contributed by atoms with Crippen molar-refractivity contribution < 1.29 is 9.59 Å². The zero-order valence-electron chi connectivity index (χ0n) is 18.5. The van der Waals surface area contributed by atoms with Crippen LogP contribution in [0.3, 0.4) is 0 Å². The van der Waals surface area contributed by atoms with Crippen molar-refractivity contribution in [1.29, 1.82) is 0 Å². The number of likely N-dealkylation sites (tertiary alicyclic amines) is 1. The Labute approximate surface area is 188 Å². The molecule has 0 saturated carbocycles. The van der Waals surface area contributed by atoms with Gasteiger partial charge in [0.2, 0.25) is 11.8 Å².